The van der Waals surface area contributed by atoms with E-state index in [2.05, 4.69) is 57.9 Å². The van der Waals surface area contributed by atoms with Crippen LogP contribution in [0, 0.1) is 0 Å². The van der Waals surface area contributed by atoms with E-state index in [0.29, 0.717) is 0 Å². The Kier molecular flexibility index (Phi) is 2.99. The summed E-state index contributed by atoms with van der Waals surface area (Å²) in [4.78, 5) is 0. The lowest BCUT2D eigenvalue weighted by Gasteiger charge is -1.98. The molecule has 0 aromatic heterocycles. The molecule has 0 nitrogen and oxygen atoms in total. The van der Waals surface area contributed by atoms with Gasteiger partial charge in [-0.05, 0) is 11.6 Å². The van der Waals surface area contributed by atoms with Crippen molar-refractivity contribution < 1.29 is 0 Å². The molecule has 0 saturated heterocycles. The lowest BCUT2D eigenvalue weighted by molar-refractivity contribution is 1.44. The molecule has 3 heteroatoms. The van der Waals surface area contributed by atoms with Gasteiger partial charge < -0.3 is 0 Å². The summed E-state index contributed by atoms with van der Waals surface area (Å²) in [5.41, 5.74) is 2.61. The van der Waals surface area contributed by atoms with Crippen LogP contribution in [0.2, 0.25) is 0 Å². The van der Waals surface area contributed by atoms with Crippen LogP contribution in [0.1, 0.15) is 5.56 Å². The standard InChI is InChI=1S/C7H7BBr2/c8-6-1-5(4-9)2-7(10)3-6/h1-3H,4,8H2. The van der Waals surface area contributed by atoms with Gasteiger partial charge in [-0.25, -0.2) is 0 Å². The minimum Gasteiger partial charge on any atom is -0.0876 e. The molecular weight excluding hydrogens is 255 g/mol. The molecule has 0 radical (unpaired) electrons. The van der Waals surface area contributed by atoms with Crippen LogP contribution < -0.4 is 5.46 Å². The minimum atomic E-state index is 0.924. The molecule has 0 bridgehead atoms. The zero-order chi connectivity index (χ0) is 7.56. The third-order valence-corrected chi connectivity index (χ3v) is 2.36. The van der Waals surface area contributed by atoms with E-state index in [1.54, 1.807) is 0 Å². The fraction of sp³-hybridized carbons (Fsp3) is 0.143. The van der Waals surface area contributed by atoms with Gasteiger partial charge in [-0.3, -0.25) is 0 Å². The predicted octanol–water partition coefficient (Wildman–Crippen LogP) is 1.60. The van der Waals surface area contributed by atoms with Gasteiger partial charge in [-0.2, -0.15) is 0 Å². The highest BCUT2D eigenvalue weighted by molar-refractivity contribution is 9.10. The average molecular weight is 262 g/mol. The van der Waals surface area contributed by atoms with Crippen LogP contribution in [0.25, 0.3) is 0 Å². The molecule has 0 heterocycles. The maximum atomic E-state index is 3.43. The second-order valence-corrected chi connectivity index (χ2v) is 3.75. The first-order valence-electron chi connectivity index (χ1n) is 3.04. The van der Waals surface area contributed by atoms with Crippen LogP contribution in [0.3, 0.4) is 0 Å². The van der Waals surface area contributed by atoms with Gasteiger partial charge in [0.15, 0.2) is 0 Å². The minimum absolute atomic E-state index is 0.924. The summed E-state index contributed by atoms with van der Waals surface area (Å²) in [6.07, 6.45) is 0. The number of hydrogen-bond acceptors (Lipinski definition) is 0. The molecule has 0 aliphatic rings. The molecule has 0 unspecified atom stereocenters. The smallest absolute Gasteiger partial charge is 0.0876 e. The Labute approximate surface area is 78.7 Å². The highest BCUT2D eigenvalue weighted by Crippen LogP contribution is 2.11. The molecule has 0 saturated carbocycles. The maximum Gasteiger partial charge on any atom is 0.139 e. The van der Waals surface area contributed by atoms with Crippen LogP contribution >= 0.6 is 31.9 Å². The summed E-state index contributed by atoms with van der Waals surface area (Å²) in [5, 5.41) is 0.924. The Balaban J connectivity index is 3.06. The van der Waals surface area contributed by atoms with Crippen molar-refractivity contribution in [2.45, 2.75) is 5.33 Å². The molecule has 0 aliphatic heterocycles. The Morgan fingerprint density at radius 3 is 2.50 bits per heavy atom. The molecule has 0 spiro atoms. The number of halogens is 2. The van der Waals surface area contributed by atoms with Crippen LogP contribution in [-0.4, -0.2) is 7.85 Å². The summed E-state index contributed by atoms with van der Waals surface area (Å²) in [7, 11) is 2.09. The highest BCUT2D eigenvalue weighted by atomic mass is 79.9. The first kappa shape index (κ1) is 8.34. The maximum absolute atomic E-state index is 3.43. The van der Waals surface area contributed by atoms with E-state index < -0.39 is 0 Å². The third-order valence-electron chi connectivity index (χ3n) is 1.26. The summed E-state index contributed by atoms with van der Waals surface area (Å²) in [5.74, 6) is 0. The van der Waals surface area contributed by atoms with Gasteiger partial charge in [0.05, 0.1) is 0 Å². The van der Waals surface area contributed by atoms with Crippen molar-refractivity contribution >= 4 is 45.2 Å². The number of hydrogen-bond donors (Lipinski definition) is 0. The monoisotopic (exact) mass is 260 g/mol. The highest BCUT2D eigenvalue weighted by Gasteiger charge is 1.93. The first-order chi connectivity index (χ1) is 4.72. The van der Waals surface area contributed by atoms with Gasteiger partial charge in [0, 0.05) is 9.80 Å². The molecule has 0 amide bonds. The van der Waals surface area contributed by atoms with E-state index in [4.69, 9.17) is 0 Å². The van der Waals surface area contributed by atoms with Crippen molar-refractivity contribution in [2.75, 3.05) is 0 Å². The molecule has 52 valence electrons. The quantitative estimate of drug-likeness (QED) is 0.532. The molecule has 1 aromatic rings. The van der Waals surface area contributed by atoms with Gasteiger partial charge >= 0.3 is 0 Å². The van der Waals surface area contributed by atoms with Crippen molar-refractivity contribution in [3.05, 3.63) is 28.2 Å². The van der Waals surface area contributed by atoms with Crippen molar-refractivity contribution in [3.63, 3.8) is 0 Å². The lowest BCUT2D eigenvalue weighted by Crippen LogP contribution is -2.02. The van der Waals surface area contributed by atoms with E-state index in [-0.39, 0.29) is 0 Å². The van der Waals surface area contributed by atoms with Crippen molar-refractivity contribution in [3.8, 4) is 0 Å². The van der Waals surface area contributed by atoms with Crippen molar-refractivity contribution in [1.29, 1.82) is 0 Å². The average Bonchev–Trinajstić information content (AvgIpc) is 1.85. The van der Waals surface area contributed by atoms with E-state index in [1.165, 1.54) is 11.0 Å². The third kappa shape index (κ3) is 2.13. The fourth-order valence-electron chi connectivity index (χ4n) is 0.889. The second-order valence-electron chi connectivity index (χ2n) is 2.27. The molecule has 0 fully saturated rings. The van der Waals surface area contributed by atoms with Gasteiger partial charge in [0.25, 0.3) is 0 Å². The van der Waals surface area contributed by atoms with Gasteiger partial charge in [0.2, 0.25) is 0 Å². The van der Waals surface area contributed by atoms with E-state index in [1.807, 2.05) is 0 Å². The largest absolute Gasteiger partial charge is 0.139 e. The lowest BCUT2D eigenvalue weighted by atomic mass is 9.95. The first-order valence-corrected chi connectivity index (χ1v) is 4.96. The summed E-state index contributed by atoms with van der Waals surface area (Å²) in [6.45, 7) is 0. The van der Waals surface area contributed by atoms with E-state index in [0.717, 1.165) is 9.80 Å². The van der Waals surface area contributed by atoms with E-state index in [9.17, 15) is 0 Å². The summed E-state index contributed by atoms with van der Waals surface area (Å²) in [6, 6.07) is 6.38. The van der Waals surface area contributed by atoms with Gasteiger partial charge in [-0.1, -0.05) is 49.5 Å². The SMILES string of the molecule is Bc1cc(Br)cc(CBr)c1. The Morgan fingerprint density at radius 2 is 2.00 bits per heavy atom. The fourth-order valence-corrected chi connectivity index (χ4v) is 1.87. The number of rotatable bonds is 1. The molecule has 10 heavy (non-hydrogen) atoms. The topological polar surface area (TPSA) is 0 Å². The molecule has 0 atom stereocenters. The Morgan fingerprint density at radius 1 is 1.30 bits per heavy atom. The van der Waals surface area contributed by atoms with Crippen LogP contribution in [0.15, 0.2) is 22.7 Å². The van der Waals surface area contributed by atoms with Crippen molar-refractivity contribution in [2.24, 2.45) is 0 Å². The predicted molar refractivity (Wildman–Crippen MR) is 55.0 cm³/mol. The number of alkyl halides is 1. The molecular formula is C7H7BBr2. The summed E-state index contributed by atoms with van der Waals surface area (Å²) < 4.78 is 1.15. The number of benzene rings is 1. The van der Waals surface area contributed by atoms with Crippen molar-refractivity contribution in [1.82, 2.24) is 0 Å². The normalized spacial score (nSPS) is 9.80. The Hall–Kier alpha value is 0.245. The molecule has 0 N–H and O–H groups in total. The van der Waals surface area contributed by atoms with Crippen LogP contribution in [0.5, 0.6) is 0 Å². The molecule has 1 rings (SSSR count). The Bertz CT molecular complexity index is 215. The van der Waals surface area contributed by atoms with Gasteiger partial charge in [0.1, 0.15) is 7.85 Å². The van der Waals surface area contributed by atoms with Gasteiger partial charge in [-0.15, -0.1) is 0 Å². The summed E-state index contributed by atoms with van der Waals surface area (Å²) >= 11 is 6.84. The second kappa shape index (κ2) is 3.58. The van der Waals surface area contributed by atoms with Crippen LogP contribution in [0.4, 0.5) is 0 Å². The zero-order valence-electron chi connectivity index (χ0n) is 5.70. The van der Waals surface area contributed by atoms with E-state index >= 15 is 0 Å². The van der Waals surface area contributed by atoms with Crippen LogP contribution in [-0.2, 0) is 5.33 Å². The zero-order valence-corrected chi connectivity index (χ0v) is 8.87. The molecule has 1 aromatic carbocycles. The molecule has 0 aliphatic carbocycles.